The van der Waals surface area contributed by atoms with E-state index in [4.69, 9.17) is 0 Å². The third kappa shape index (κ3) is 5.05. The molecule has 158 valence electrons. The number of hydrogen-bond acceptors (Lipinski definition) is 4. The predicted molar refractivity (Wildman–Crippen MR) is 114 cm³/mol. The van der Waals surface area contributed by atoms with Crippen molar-refractivity contribution in [3.05, 3.63) is 46.8 Å². The Hall–Kier alpha value is -2.19. The van der Waals surface area contributed by atoms with Crippen molar-refractivity contribution in [3.63, 3.8) is 0 Å². The molecule has 0 radical (unpaired) electrons. The van der Waals surface area contributed by atoms with Crippen molar-refractivity contribution in [2.45, 2.75) is 46.2 Å². The first-order chi connectivity index (χ1) is 13.7. The minimum atomic E-state index is -2.96. The van der Waals surface area contributed by atoms with Crippen LogP contribution in [0, 0.1) is 13.8 Å². The van der Waals surface area contributed by atoms with Crippen LogP contribution in [0.15, 0.2) is 24.3 Å². The van der Waals surface area contributed by atoms with Crippen LogP contribution in [0.2, 0.25) is 0 Å². The number of rotatable bonds is 7. The number of amides is 1. The van der Waals surface area contributed by atoms with E-state index in [1.807, 2.05) is 49.8 Å². The number of nitrogens with zero attached hydrogens (tertiary/aromatic N) is 2. The molecule has 2 aromatic rings. The number of likely N-dealkylation sites (N-methyl/N-ethyl adjacent to an activating group) is 1. The van der Waals surface area contributed by atoms with E-state index < -0.39 is 9.84 Å². The second-order valence-corrected chi connectivity index (χ2v) is 10.2. The molecule has 29 heavy (non-hydrogen) atoms. The largest absolute Gasteiger partial charge is 0.326 e. The van der Waals surface area contributed by atoms with E-state index in [0.717, 1.165) is 39.5 Å². The summed E-state index contributed by atoms with van der Waals surface area (Å²) in [5.74, 6) is 0.375. The van der Waals surface area contributed by atoms with Crippen LogP contribution in [0.5, 0.6) is 0 Å². The molecule has 2 atom stereocenters. The van der Waals surface area contributed by atoms with E-state index >= 15 is 0 Å². The number of sulfone groups is 1. The highest BCUT2D eigenvalue weighted by atomic mass is 32.2. The molecule has 0 aliphatic carbocycles. The molecule has 1 amide bonds. The van der Waals surface area contributed by atoms with Gasteiger partial charge in [-0.1, -0.05) is 25.1 Å². The van der Waals surface area contributed by atoms with Crippen LogP contribution in [0.1, 0.15) is 41.9 Å². The molecule has 8 heteroatoms. The van der Waals surface area contributed by atoms with Crippen molar-refractivity contribution in [2.24, 2.45) is 0 Å². The Morgan fingerprint density at radius 2 is 2.03 bits per heavy atom. The van der Waals surface area contributed by atoms with Crippen molar-refractivity contribution in [3.8, 4) is 0 Å². The highest BCUT2D eigenvalue weighted by Crippen LogP contribution is 2.26. The SMILES string of the molecule is CCc1ccccc1NC(=O)C[NH+](C)Cc1c(C)nn([C@@H]2CCS(=O)(=O)C2)c1C. The Kier molecular flexibility index (Phi) is 6.43. The third-order valence-corrected chi connectivity index (χ3v) is 7.39. The average Bonchev–Trinajstić information content (AvgIpc) is 3.15. The van der Waals surface area contributed by atoms with Gasteiger partial charge in [-0.3, -0.25) is 9.48 Å². The smallest absolute Gasteiger partial charge is 0.279 e. The molecule has 1 aliphatic heterocycles. The second-order valence-electron chi connectivity index (χ2n) is 8.02. The minimum absolute atomic E-state index is 0.0204. The topological polar surface area (TPSA) is 85.5 Å². The summed E-state index contributed by atoms with van der Waals surface area (Å²) >= 11 is 0. The lowest BCUT2D eigenvalue weighted by Crippen LogP contribution is -3.08. The summed E-state index contributed by atoms with van der Waals surface area (Å²) in [5.41, 5.74) is 4.99. The lowest BCUT2D eigenvalue weighted by atomic mass is 10.1. The monoisotopic (exact) mass is 419 g/mol. The van der Waals surface area contributed by atoms with Gasteiger partial charge in [0.25, 0.3) is 5.91 Å². The highest BCUT2D eigenvalue weighted by molar-refractivity contribution is 7.91. The molecule has 1 aliphatic rings. The van der Waals surface area contributed by atoms with Gasteiger partial charge in [0, 0.05) is 11.4 Å². The Bertz CT molecular complexity index is 997. The third-order valence-electron chi connectivity index (χ3n) is 5.64. The number of anilines is 1. The zero-order valence-electron chi connectivity index (χ0n) is 17.7. The summed E-state index contributed by atoms with van der Waals surface area (Å²) in [4.78, 5) is 13.6. The van der Waals surface area contributed by atoms with Gasteiger partial charge in [-0.05, 0) is 38.3 Å². The zero-order valence-corrected chi connectivity index (χ0v) is 18.5. The first-order valence-electron chi connectivity index (χ1n) is 10.1. The van der Waals surface area contributed by atoms with Gasteiger partial charge in [0.15, 0.2) is 16.4 Å². The number of quaternary nitrogens is 1. The van der Waals surface area contributed by atoms with Crippen LogP contribution in [0.4, 0.5) is 5.69 Å². The van der Waals surface area contributed by atoms with Crippen molar-refractivity contribution in [1.82, 2.24) is 9.78 Å². The molecular weight excluding hydrogens is 388 g/mol. The van der Waals surface area contributed by atoms with Crippen molar-refractivity contribution in [2.75, 3.05) is 30.4 Å². The average molecular weight is 420 g/mol. The van der Waals surface area contributed by atoms with Crippen LogP contribution in [-0.4, -0.2) is 49.2 Å². The quantitative estimate of drug-likeness (QED) is 0.703. The van der Waals surface area contributed by atoms with Crippen LogP contribution < -0.4 is 10.2 Å². The number of hydrogen-bond donors (Lipinski definition) is 2. The molecule has 0 spiro atoms. The fraction of sp³-hybridized carbons (Fsp3) is 0.524. The fourth-order valence-electron chi connectivity index (χ4n) is 4.06. The van der Waals surface area contributed by atoms with Crippen LogP contribution >= 0.6 is 0 Å². The predicted octanol–water partition coefficient (Wildman–Crippen LogP) is 1.08. The van der Waals surface area contributed by atoms with Crippen molar-refractivity contribution in [1.29, 1.82) is 0 Å². The minimum Gasteiger partial charge on any atom is -0.326 e. The van der Waals surface area contributed by atoms with E-state index in [1.165, 1.54) is 0 Å². The maximum atomic E-state index is 12.5. The number of aromatic nitrogens is 2. The van der Waals surface area contributed by atoms with Gasteiger partial charge in [-0.2, -0.15) is 5.10 Å². The molecule has 1 aromatic heterocycles. The molecule has 1 saturated heterocycles. The Morgan fingerprint density at radius 1 is 1.31 bits per heavy atom. The van der Waals surface area contributed by atoms with Crippen molar-refractivity contribution >= 4 is 21.4 Å². The van der Waals surface area contributed by atoms with Gasteiger partial charge < -0.3 is 10.2 Å². The molecule has 1 aromatic carbocycles. The first kappa shape index (κ1) is 21.5. The Balaban J connectivity index is 1.65. The highest BCUT2D eigenvalue weighted by Gasteiger charge is 2.32. The van der Waals surface area contributed by atoms with E-state index in [0.29, 0.717) is 19.5 Å². The molecule has 0 bridgehead atoms. The van der Waals surface area contributed by atoms with E-state index in [-0.39, 0.29) is 23.5 Å². The van der Waals surface area contributed by atoms with Crippen molar-refractivity contribution < 1.29 is 18.1 Å². The summed E-state index contributed by atoms with van der Waals surface area (Å²) in [7, 11) is -0.970. The lowest BCUT2D eigenvalue weighted by molar-refractivity contribution is -0.885. The maximum absolute atomic E-state index is 12.5. The summed E-state index contributed by atoms with van der Waals surface area (Å²) in [6.45, 7) is 7.03. The number of para-hydroxylation sites is 1. The summed E-state index contributed by atoms with van der Waals surface area (Å²) in [6, 6.07) is 7.78. The number of carbonyl (C=O) groups is 1. The van der Waals surface area contributed by atoms with E-state index in [2.05, 4.69) is 17.3 Å². The number of benzene rings is 1. The first-order valence-corrected chi connectivity index (χ1v) is 12.0. The number of carbonyl (C=O) groups excluding carboxylic acids is 1. The summed E-state index contributed by atoms with van der Waals surface area (Å²) in [5, 5.41) is 7.64. The molecule has 2 N–H and O–H groups in total. The maximum Gasteiger partial charge on any atom is 0.279 e. The molecule has 3 rings (SSSR count). The standard InChI is InChI=1S/C21H30N4O3S/c1-5-17-8-6-7-9-20(17)22-21(26)13-24(4)12-19-15(2)23-25(16(19)3)18-10-11-29(27,28)14-18/h6-9,18H,5,10-14H2,1-4H3,(H,22,26)/p+1/t18-/m1/s1. The van der Waals surface area contributed by atoms with Crippen LogP contribution in [0.25, 0.3) is 0 Å². The van der Waals surface area contributed by atoms with E-state index in [1.54, 1.807) is 0 Å². The summed E-state index contributed by atoms with van der Waals surface area (Å²) in [6.07, 6.45) is 1.49. The van der Waals surface area contributed by atoms with Gasteiger partial charge in [-0.15, -0.1) is 0 Å². The Labute approximate surface area is 173 Å². The molecule has 2 heterocycles. The van der Waals surface area contributed by atoms with Gasteiger partial charge in [0.2, 0.25) is 0 Å². The molecular formula is C21H31N4O3S+. The Morgan fingerprint density at radius 3 is 2.69 bits per heavy atom. The zero-order chi connectivity index (χ0) is 21.2. The fourth-order valence-corrected chi connectivity index (χ4v) is 5.75. The number of nitrogens with one attached hydrogen (secondary N) is 2. The normalized spacial score (nSPS) is 19.2. The van der Waals surface area contributed by atoms with Gasteiger partial charge in [0.05, 0.1) is 35.9 Å². The van der Waals surface area contributed by atoms with Gasteiger partial charge in [-0.25, -0.2) is 8.42 Å². The second kappa shape index (κ2) is 8.67. The number of aryl methyl sites for hydroxylation is 2. The van der Waals surface area contributed by atoms with Crippen LogP contribution in [0.3, 0.4) is 0 Å². The summed E-state index contributed by atoms with van der Waals surface area (Å²) < 4.78 is 25.5. The van der Waals surface area contributed by atoms with Gasteiger partial charge in [0.1, 0.15) is 6.54 Å². The van der Waals surface area contributed by atoms with Gasteiger partial charge >= 0.3 is 0 Å². The van der Waals surface area contributed by atoms with E-state index in [9.17, 15) is 13.2 Å². The molecule has 7 nitrogen and oxygen atoms in total. The molecule has 0 saturated carbocycles. The van der Waals surface area contributed by atoms with Crippen LogP contribution in [-0.2, 0) is 27.6 Å². The molecule has 1 fully saturated rings. The lowest BCUT2D eigenvalue weighted by Gasteiger charge is -2.16. The molecule has 1 unspecified atom stereocenters.